The van der Waals surface area contributed by atoms with E-state index in [-0.39, 0.29) is 5.41 Å². The number of fused-ring (bicyclic) bond motifs is 5. The van der Waals surface area contributed by atoms with Gasteiger partial charge in [-0.15, -0.1) is 0 Å². The molecule has 5 rings (SSSR count). The summed E-state index contributed by atoms with van der Waals surface area (Å²) < 4.78 is 5.36. The van der Waals surface area contributed by atoms with Gasteiger partial charge in [-0.3, -0.25) is 0 Å². The first-order chi connectivity index (χ1) is 10.6. The fourth-order valence-corrected chi connectivity index (χ4v) is 7.11. The summed E-state index contributed by atoms with van der Waals surface area (Å²) in [6.07, 6.45) is 0. The van der Waals surface area contributed by atoms with Crippen LogP contribution in [0.2, 0.25) is 0 Å². The van der Waals surface area contributed by atoms with Crippen LogP contribution in [0.4, 0.5) is 0 Å². The van der Waals surface area contributed by atoms with Crippen LogP contribution in [0.15, 0.2) is 51.9 Å². The van der Waals surface area contributed by atoms with Gasteiger partial charge in [0, 0.05) is 0 Å². The molecule has 0 radical (unpaired) electrons. The second-order valence-corrected chi connectivity index (χ2v) is 10.6. The van der Waals surface area contributed by atoms with E-state index in [1.54, 1.807) is 0 Å². The summed E-state index contributed by atoms with van der Waals surface area (Å²) in [6, 6.07) is 17.9. The summed E-state index contributed by atoms with van der Waals surface area (Å²) in [7, 11) is 0. The molecule has 2 aromatic heterocycles. The van der Waals surface area contributed by atoms with E-state index in [0.717, 1.165) is 0 Å². The SMILES string of the molecule is CC1(C)c2cc(Br)[se]c2-n2c3ccccc3c3cccc1c32. The van der Waals surface area contributed by atoms with Crippen molar-refractivity contribution in [1.82, 2.24) is 4.57 Å². The van der Waals surface area contributed by atoms with Crippen LogP contribution in [0.25, 0.3) is 26.4 Å². The van der Waals surface area contributed by atoms with Gasteiger partial charge in [0.25, 0.3) is 0 Å². The van der Waals surface area contributed by atoms with Gasteiger partial charge >= 0.3 is 144 Å². The van der Waals surface area contributed by atoms with Crippen molar-refractivity contribution >= 4 is 52.2 Å². The summed E-state index contributed by atoms with van der Waals surface area (Å²) in [6.45, 7) is 4.72. The van der Waals surface area contributed by atoms with Crippen LogP contribution in [0.5, 0.6) is 0 Å². The van der Waals surface area contributed by atoms with E-state index in [1.165, 1.54) is 40.8 Å². The Morgan fingerprint density at radius 2 is 1.73 bits per heavy atom. The Labute approximate surface area is 143 Å². The molecule has 0 fully saturated rings. The first-order valence-corrected chi connectivity index (χ1v) is 9.92. The van der Waals surface area contributed by atoms with Crippen molar-refractivity contribution in [2.75, 3.05) is 0 Å². The third kappa shape index (κ3) is 1.45. The Kier molecular flexibility index (Phi) is 2.50. The predicted octanol–water partition coefficient (Wildman–Crippen LogP) is 5.24. The minimum absolute atomic E-state index is 0.0660. The molecule has 108 valence electrons. The fraction of sp³-hybridized carbons (Fsp3) is 0.158. The molecule has 0 atom stereocenters. The average Bonchev–Trinajstić information content (AvgIpc) is 3.04. The molecule has 1 nitrogen and oxygen atoms in total. The summed E-state index contributed by atoms with van der Waals surface area (Å²) in [5.74, 6) is 0. The van der Waals surface area contributed by atoms with E-state index in [0.29, 0.717) is 14.5 Å². The molecule has 2 aromatic carbocycles. The molecule has 4 aromatic rings. The summed E-state index contributed by atoms with van der Waals surface area (Å²) in [4.78, 5) is 0. The molecular weight excluding hydrogens is 401 g/mol. The number of nitrogens with zero attached hydrogens (tertiary/aromatic N) is 1. The molecule has 0 unspecified atom stereocenters. The average molecular weight is 415 g/mol. The van der Waals surface area contributed by atoms with Crippen molar-refractivity contribution in [3.63, 3.8) is 0 Å². The molecule has 0 N–H and O–H groups in total. The van der Waals surface area contributed by atoms with E-state index in [2.05, 4.69) is 82.9 Å². The van der Waals surface area contributed by atoms with Crippen LogP contribution in [-0.2, 0) is 5.41 Å². The first-order valence-electron chi connectivity index (χ1n) is 7.42. The molecule has 22 heavy (non-hydrogen) atoms. The van der Waals surface area contributed by atoms with E-state index < -0.39 is 0 Å². The maximum absolute atomic E-state index is 3.76. The van der Waals surface area contributed by atoms with Gasteiger partial charge in [-0.05, 0) is 0 Å². The molecule has 0 saturated heterocycles. The van der Waals surface area contributed by atoms with Crippen molar-refractivity contribution in [3.8, 4) is 4.56 Å². The Morgan fingerprint density at radius 3 is 2.59 bits per heavy atom. The molecule has 1 aliphatic heterocycles. The van der Waals surface area contributed by atoms with E-state index in [9.17, 15) is 0 Å². The normalized spacial score (nSPS) is 15.4. The zero-order valence-electron chi connectivity index (χ0n) is 12.4. The number of benzene rings is 2. The van der Waals surface area contributed by atoms with Crippen molar-refractivity contribution in [1.29, 1.82) is 0 Å². The van der Waals surface area contributed by atoms with E-state index >= 15 is 0 Å². The zero-order valence-corrected chi connectivity index (χ0v) is 15.7. The van der Waals surface area contributed by atoms with E-state index in [4.69, 9.17) is 0 Å². The molecule has 3 heteroatoms. The van der Waals surface area contributed by atoms with Gasteiger partial charge in [-0.1, -0.05) is 0 Å². The van der Waals surface area contributed by atoms with Gasteiger partial charge in [0.05, 0.1) is 0 Å². The van der Waals surface area contributed by atoms with Crippen LogP contribution in [0.1, 0.15) is 25.0 Å². The third-order valence-electron chi connectivity index (χ3n) is 4.93. The summed E-state index contributed by atoms with van der Waals surface area (Å²) in [5, 5.41) is 2.74. The van der Waals surface area contributed by atoms with Gasteiger partial charge in [0.1, 0.15) is 0 Å². The van der Waals surface area contributed by atoms with Crippen LogP contribution in [-0.4, -0.2) is 19.1 Å². The molecule has 0 spiro atoms. The molecule has 0 bridgehead atoms. The number of halogens is 1. The summed E-state index contributed by atoms with van der Waals surface area (Å²) >= 11 is 4.12. The molecule has 0 saturated carbocycles. The Morgan fingerprint density at radius 1 is 0.955 bits per heavy atom. The standard InChI is InChI=1S/C19H14BrNSe/c1-19(2)13-8-5-7-12-11-6-3-4-9-15(11)21(17(12)13)18-14(19)10-16(20)22-18/h3-10H,1-2H3. The quantitative estimate of drug-likeness (QED) is 0.346. The van der Waals surface area contributed by atoms with Crippen molar-refractivity contribution in [2.45, 2.75) is 19.3 Å². The topological polar surface area (TPSA) is 4.93 Å². The monoisotopic (exact) mass is 415 g/mol. The van der Waals surface area contributed by atoms with Crippen LogP contribution < -0.4 is 0 Å². The van der Waals surface area contributed by atoms with Crippen LogP contribution in [0, 0.1) is 0 Å². The van der Waals surface area contributed by atoms with Crippen LogP contribution in [0.3, 0.4) is 0 Å². The van der Waals surface area contributed by atoms with Gasteiger partial charge in [-0.25, -0.2) is 0 Å². The minimum atomic E-state index is 0.0660. The second-order valence-electron chi connectivity index (χ2n) is 6.45. The number of para-hydroxylation sites is 2. The molecule has 0 amide bonds. The first kappa shape index (κ1) is 13.2. The fourth-order valence-electron chi connectivity index (χ4n) is 3.84. The predicted molar refractivity (Wildman–Crippen MR) is 97.5 cm³/mol. The summed E-state index contributed by atoms with van der Waals surface area (Å²) in [5.41, 5.74) is 5.72. The Bertz CT molecular complexity index is 1070. The maximum atomic E-state index is 3.76. The van der Waals surface area contributed by atoms with Crippen molar-refractivity contribution < 1.29 is 0 Å². The molecule has 1 aliphatic rings. The van der Waals surface area contributed by atoms with Gasteiger partial charge in [0.15, 0.2) is 0 Å². The number of hydrogen-bond donors (Lipinski definition) is 0. The van der Waals surface area contributed by atoms with Gasteiger partial charge < -0.3 is 0 Å². The number of rotatable bonds is 0. The van der Waals surface area contributed by atoms with Crippen LogP contribution >= 0.6 is 15.9 Å². The Balaban J connectivity index is 2.14. The molecule has 0 aliphatic carbocycles. The molecule has 3 heterocycles. The van der Waals surface area contributed by atoms with Crippen molar-refractivity contribution in [3.05, 3.63) is 63.0 Å². The van der Waals surface area contributed by atoms with E-state index in [1.807, 2.05) is 0 Å². The number of hydrogen-bond acceptors (Lipinski definition) is 0. The van der Waals surface area contributed by atoms with Gasteiger partial charge in [-0.2, -0.15) is 0 Å². The number of aromatic nitrogens is 1. The third-order valence-corrected chi connectivity index (χ3v) is 7.90. The molecular formula is C19H14BrNSe. The zero-order chi connectivity index (χ0) is 15.1. The van der Waals surface area contributed by atoms with Gasteiger partial charge in [0.2, 0.25) is 0 Å². The second kappa shape index (κ2) is 4.17. The Hall–Kier alpha value is -1.28. The van der Waals surface area contributed by atoms with Crippen molar-refractivity contribution in [2.24, 2.45) is 0 Å².